The van der Waals surface area contributed by atoms with Gasteiger partial charge in [-0.1, -0.05) is 18.6 Å². The Hall–Kier alpha value is -1.02. The van der Waals surface area contributed by atoms with Gasteiger partial charge in [0.1, 0.15) is 5.75 Å². The van der Waals surface area contributed by atoms with Crippen molar-refractivity contribution >= 4 is 0 Å². The van der Waals surface area contributed by atoms with E-state index in [4.69, 9.17) is 5.73 Å². The molecule has 0 aromatic heterocycles. The first kappa shape index (κ1) is 10.5. The van der Waals surface area contributed by atoms with Gasteiger partial charge in [0.2, 0.25) is 0 Å². The number of aromatic hydroxyl groups is 1. The summed E-state index contributed by atoms with van der Waals surface area (Å²) < 4.78 is 0. The van der Waals surface area contributed by atoms with Crippen molar-refractivity contribution in [2.45, 2.75) is 39.2 Å². The van der Waals surface area contributed by atoms with Crippen LogP contribution >= 0.6 is 0 Å². The second-order valence-corrected chi connectivity index (χ2v) is 4.72. The second kappa shape index (κ2) is 3.86. The van der Waals surface area contributed by atoms with Crippen LogP contribution in [0, 0.1) is 19.8 Å². The van der Waals surface area contributed by atoms with Crippen LogP contribution in [-0.2, 0) is 0 Å². The van der Waals surface area contributed by atoms with Gasteiger partial charge in [-0.05, 0) is 49.3 Å². The molecule has 0 saturated heterocycles. The van der Waals surface area contributed by atoms with E-state index in [1.165, 1.54) is 24.8 Å². The lowest BCUT2D eigenvalue weighted by Gasteiger charge is -2.31. The Balaban J connectivity index is 2.27. The molecule has 1 fully saturated rings. The summed E-state index contributed by atoms with van der Waals surface area (Å²) in [6, 6.07) is 4.19. The largest absolute Gasteiger partial charge is 0.507 e. The van der Waals surface area contributed by atoms with Crippen molar-refractivity contribution in [1.82, 2.24) is 0 Å². The highest BCUT2D eigenvalue weighted by atomic mass is 16.3. The zero-order chi connectivity index (χ0) is 11.0. The Bertz CT molecular complexity index is 346. The third-order valence-corrected chi connectivity index (χ3v) is 3.56. The highest BCUT2D eigenvalue weighted by Gasteiger charge is 2.25. The first-order valence-electron chi connectivity index (χ1n) is 5.65. The van der Waals surface area contributed by atoms with E-state index >= 15 is 0 Å². The first-order chi connectivity index (χ1) is 7.09. The number of nitrogens with two attached hydrogens (primary N) is 1. The number of hydrogen-bond donors (Lipinski definition) is 2. The third-order valence-electron chi connectivity index (χ3n) is 3.56. The molecule has 0 aliphatic heterocycles. The molecule has 1 saturated carbocycles. The van der Waals surface area contributed by atoms with E-state index < -0.39 is 0 Å². The fourth-order valence-electron chi connectivity index (χ4n) is 2.25. The number of hydrogen-bond acceptors (Lipinski definition) is 2. The molecule has 82 valence electrons. The molecular formula is C13H19NO. The van der Waals surface area contributed by atoms with Crippen molar-refractivity contribution in [3.63, 3.8) is 0 Å². The number of rotatable bonds is 2. The van der Waals surface area contributed by atoms with E-state index in [-0.39, 0.29) is 6.04 Å². The van der Waals surface area contributed by atoms with Gasteiger partial charge in [-0.2, -0.15) is 0 Å². The molecule has 3 N–H and O–H groups in total. The van der Waals surface area contributed by atoms with Crippen LogP contribution in [0.25, 0.3) is 0 Å². The summed E-state index contributed by atoms with van der Waals surface area (Å²) in [6.45, 7) is 3.86. The van der Waals surface area contributed by atoms with Gasteiger partial charge in [-0.15, -0.1) is 0 Å². The summed E-state index contributed by atoms with van der Waals surface area (Å²) in [5, 5.41) is 9.68. The summed E-state index contributed by atoms with van der Waals surface area (Å²) in [5.74, 6) is 1.05. The van der Waals surface area contributed by atoms with Gasteiger partial charge in [-0.25, -0.2) is 0 Å². The van der Waals surface area contributed by atoms with Gasteiger partial charge in [0.05, 0.1) is 0 Å². The molecule has 1 aliphatic carbocycles. The lowest BCUT2D eigenvalue weighted by molar-refractivity contribution is 0.264. The monoisotopic (exact) mass is 205 g/mol. The van der Waals surface area contributed by atoms with Crippen LogP contribution in [0.5, 0.6) is 5.75 Å². The standard InChI is InChI=1S/C13H19NO/c1-8-6-11(7-9(2)13(8)15)12(14)10-4-3-5-10/h6-7,10,12,15H,3-5,14H2,1-2H3/t12-/m1/s1. The Kier molecular flexibility index (Phi) is 2.70. The van der Waals surface area contributed by atoms with Crippen molar-refractivity contribution < 1.29 is 5.11 Å². The van der Waals surface area contributed by atoms with Crippen LogP contribution in [0.2, 0.25) is 0 Å². The predicted octanol–water partition coefficient (Wildman–Crippen LogP) is 2.81. The lowest BCUT2D eigenvalue weighted by atomic mass is 9.77. The van der Waals surface area contributed by atoms with E-state index in [9.17, 15) is 5.11 Å². The van der Waals surface area contributed by atoms with Crippen molar-refractivity contribution in [3.05, 3.63) is 28.8 Å². The van der Waals surface area contributed by atoms with Crippen molar-refractivity contribution in [2.24, 2.45) is 11.7 Å². The molecule has 2 nitrogen and oxygen atoms in total. The Morgan fingerprint density at radius 1 is 1.27 bits per heavy atom. The van der Waals surface area contributed by atoms with E-state index in [1.807, 2.05) is 26.0 Å². The van der Waals surface area contributed by atoms with Gasteiger partial charge < -0.3 is 10.8 Å². The van der Waals surface area contributed by atoms with Gasteiger partial charge in [0, 0.05) is 6.04 Å². The van der Waals surface area contributed by atoms with Crippen LogP contribution in [0.1, 0.15) is 42.0 Å². The molecule has 0 spiro atoms. The molecule has 2 heteroatoms. The van der Waals surface area contributed by atoms with Gasteiger partial charge in [0.25, 0.3) is 0 Å². The fraction of sp³-hybridized carbons (Fsp3) is 0.538. The quantitative estimate of drug-likeness (QED) is 0.779. The Morgan fingerprint density at radius 2 is 1.80 bits per heavy atom. The van der Waals surface area contributed by atoms with Crippen molar-refractivity contribution in [3.8, 4) is 5.75 Å². The zero-order valence-corrected chi connectivity index (χ0v) is 9.46. The number of aryl methyl sites for hydroxylation is 2. The van der Waals surface area contributed by atoms with E-state index in [2.05, 4.69) is 0 Å². The first-order valence-corrected chi connectivity index (χ1v) is 5.65. The van der Waals surface area contributed by atoms with Crippen LogP contribution in [0.15, 0.2) is 12.1 Å². The maximum absolute atomic E-state index is 9.68. The molecule has 15 heavy (non-hydrogen) atoms. The number of phenolic OH excluding ortho intramolecular Hbond substituents is 1. The van der Waals surface area contributed by atoms with Crippen LogP contribution in [0.4, 0.5) is 0 Å². The molecular weight excluding hydrogens is 186 g/mol. The number of benzene rings is 1. The second-order valence-electron chi connectivity index (χ2n) is 4.72. The average molecular weight is 205 g/mol. The minimum Gasteiger partial charge on any atom is -0.507 e. The summed E-state index contributed by atoms with van der Waals surface area (Å²) in [6.07, 6.45) is 3.81. The summed E-state index contributed by atoms with van der Waals surface area (Å²) >= 11 is 0. The van der Waals surface area contributed by atoms with E-state index in [1.54, 1.807) is 0 Å². The van der Waals surface area contributed by atoms with E-state index in [0.717, 1.165) is 11.1 Å². The fourth-order valence-corrected chi connectivity index (χ4v) is 2.25. The lowest BCUT2D eigenvalue weighted by Crippen LogP contribution is -2.26. The molecule has 0 amide bonds. The zero-order valence-electron chi connectivity index (χ0n) is 9.46. The van der Waals surface area contributed by atoms with Crippen LogP contribution in [-0.4, -0.2) is 5.11 Å². The maximum atomic E-state index is 9.68. The average Bonchev–Trinajstić information content (AvgIpc) is 2.10. The minimum absolute atomic E-state index is 0.150. The molecule has 1 aromatic carbocycles. The Morgan fingerprint density at radius 3 is 2.20 bits per heavy atom. The molecule has 0 heterocycles. The Labute approximate surface area is 91.1 Å². The summed E-state index contributed by atoms with van der Waals surface area (Å²) in [4.78, 5) is 0. The molecule has 1 aromatic rings. The summed E-state index contributed by atoms with van der Waals surface area (Å²) in [7, 11) is 0. The number of phenols is 1. The molecule has 0 unspecified atom stereocenters. The third kappa shape index (κ3) is 1.86. The molecule has 2 rings (SSSR count). The summed E-state index contributed by atoms with van der Waals surface area (Å²) in [5.41, 5.74) is 9.24. The van der Waals surface area contributed by atoms with Crippen LogP contribution < -0.4 is 5.73 Å². The molecule has 0 bridgehead atoms. The topological polar surface area (TPSA) is 46.2 Å². The van der Waals surface area contributed by atoms with Gasteiger partial charge in [-0.3, -0.25) is 0 Å². The highest BCUT2D eigenvalue weighted by Crippen LogP contribution is 2.37. The van der Waals surface area contributed by atoms with Crippen LogP contribution in [0.3, 0.4) is 0 Å². The van der Waals surface area contributed by atoms with Gasteiger partial charge >= 0.3 is 0 Å². The van der Waals surface area contributed by atoms with Gasteiger partial charge in [0.15, 0.2) is 0 Å². The van der Waals surface area contributed by atoms with E-state index in [0.29, 0.717) is 11.7 Å². The minimum atomic E-state index is 0.150. The maximum Gasteiger partial charge on any atom is 0.121 e. The molecule has 0 radical (unpaired) electrons. The molecule has 1 aliphatic rings. The van der Waals surface area contributed by atoms with Crippen molar-refractivity contribution in [2.75, 3.05) is 0 Å². The SMILES string of the molecule is Cc1cc([C@H](N)C2CCC2)cc(C)c1O. The smallest absolute Gasteiger partial charge is 0.121 e. The predicted molar refractivity (Wildman–Crippen MR) is 61.9 cm³/mol. The highest BCUT2D eigenvalue weighted by molar-refractivity contribution is 5.43. The normalized spacial score (nSPS) is 18.6. The van der Waals surface area contributed by atoms with Crippen molar-refractivity contribution in [1.29, 1.82) is 0 Å². The molecule has 1 atom stereocenters.